The smallest absolute Gasteiger partial charge is 0.507 e. The van der Waals surface area contributed by atoms with E-state index < -0.39 is 16.5 Å². The number of hydrogen-bond donors (Lipinski definition) is 5. The van der Waals surface area contributed by atoms with Gasteiger partial charge < -0.3 is 5.11 Å². The highest BCUT2D eigenvalue weighted by Crippen LogP contribution is 2.34. The summed E-state index contributed by atoms with van der Waals surface area (Å²) in [5.74, 6) is 0.378. The molecule has 0 aliphatic heterocycles. The predicted octanol–water partition coefficient (Wildman–Crippen LogP) is 5.00. The molecule has 0 aliphatic rings. The van der Waals surface area contributed by atoms with Crippen molar-refractivity contribution >= 4 is 16.5 Å². The molecular formula is C20H30O7P2+2. The molecule has 2 aromatic rings. The second-order valence-electron chi connectivity index (χ2n) is 6.17. The van der Waals surface area contributed by atoms with Gasteiger partial charge in [-0.1, -0.05) is 63.1 Å². The van der Waals surface area contributed by atoms with Crippen molar-refractivity contribution < 1.29 is 33.8 Å². The predicted molar refractivity (Wildman–Crippen MR) is 115 cm³/mol. The van der Waals surface area contributed by atoms with Crippen LogP contribution in [0, 0.1) is 0 Å². The standard InChI is InChI=1S/C20H26O.2HO3P/c1-3-5-10-16-11-9-14-18(17(16)12-6-4-2)19-13-7-8-15-20(19)21;2*1-4(2)3/h7-9,11,13-15,21H,3-6,10,12H2,1-2H3;2*(H-,1,2,3)/p+2. The lowest BCUT2D eigenvalue weighted by Crippen LogP contribution is -1.98. The third kappa shape index (κ3) is 12.4. The molecule has 0 amide bonds. The van der Waals surface area contributed by atoms with Crippen LogP contribution in [0.1, 0.15) is 50.7 Å². The van der Waals surface area contributed by atoms with Gasteiger partial charge in [0.25, 0.3) is 0 Å². The van der Waals surface area contributed by atoms with Gasteiger partial charge in [-0.3, -0.25) is 0 Å². The van der Waals surface area contributed by atoms with Crippen LogP contribution in [0.5, 0.6) is 5.75 Å². The van der Waals surface area contributed by atoms with E-state index in [1.54, 1.807) is 6.07 Å². The number of phenolic OH excluding ortho intramolecular Hbond substituents is 1. The van der Waals surface area contributed by atoms with Crippen LogP contribution < -0.4 is 0 Å². The summed E-state index contributed by atoms with van der Waals surface area (Å²) >= 11 is 0. The lowest BCUT2D eigenvalue weighted by molar-refractivity contribution is 0.403. The Kier molecular flexibility index (Phi) is 15.2. The minimum absolute atomic E-state index is 0.378. The van der Waals surface area contributed by atoms with Gasteiger partial charge in [0.05, 0.1) is 0 Å². The van der Waals surface area contributed by atoms with Crippen LogP contribution in [0.3, 0.4) is 0 Å². The molecule has 7 nitrogen and oxygen atoms in total. The van der Waals surface area contributed by atoms with E-state index in [0.717, 1.165) is 18.4 Å². The summed E-state index contributed by atoms with van der Waals surface area (Å²) in [5, 5.41) is 10.2. The summed E-state index contributed by atoms with van der Waals surface area (Å²) in [6, 6.07) is 14.2. The first-order valence-electron chi connectivity index (χ1n) is 9.33. The third-order valence-electron chi connectivity index (χ3n) is 4.05. The van der Waals surface area contributed by atoms with E-state index >= 15 is 0 Å². The molecule has 0 bridgehead atoms. The number of phenols is 1. The molecule has 0 radical (unpaired) electrons. The van der Waals surface area contributed by atoms with Crippen LogP contribution in [0.2, 0.25) is 0 Å². The summed E-state index contributed by atoms with van der Waals surface area (Å²) in [5.41, 5.74) is 5.04. The van der Waals surface area contributed by atoms with Gasteiger partial charge in [-0.15, -0.1) is 19.6 Å². The number of hydrogen-bond acceptors (Lipinski definition) is 3. The van der Waals surface area contributed by atoms with Crippen LogP contribution in [0.4, 0.5) is 0 Å². The van der Waals surface area contributed by atoms with Crippen LogP contribution in [0.25, 0.3) is 11.1 Å². The van der Waals surface area contributed by atoms with Gasteiger partial charge in [0.2, 0.25) is 0 Å². The quantitative estimate of drug-likeness (QED) is 0.379. The second kappa shape index (κ2) is 16.1. The Morgan fingerprint density at radius 1 is 0.724 bits per heavy atom. The Morgan fingerprint density at radius 3 is 1.72 bits per heavy atom. The van der Waals surface area contributed by atoms with E-state index in [1.165, 1.54) is 42.4 Å². The molecule has 0 heterocycles. The van der Waals surface area contributed by atoms with E-state index in [0.29, 0.717) is 5.75 Å². The Labute approximate surface area is 173 Å². The van der Waals surface area contributed by atoms with Gasteiger partial charge in [0.15, 0.2) is 0 Å². The molecule has 0 atom stereocenters. The average Bonchev–Trinajstić information content (AvgIpc) is 2.64. The van der Waals surface area contributed by atoms with E-state index in [4.69, 9.17) is 28.7 Å². The van der Waals surface area contributed by atoms with Gasteiger partial charge in [0, 0.05) is 14.7 Å². The zero-order valence-corrected chi connectivity index (χ0v) is 18.5. The molecule has 0 saturated heterocycles. The minimum atomic E-state index is -2.87. The monoisotopic (exact) mass is 444 g/mol. The highest BCUT2D eigenvalue weighted by Gasteiger charge is 2.12. The number of aromatic hydroxyl groups is 1. The maximum Gasteiger partial charge on any atom is 0.692 e. The van der Waals surface area contributed by atoms with E-state index in [1.807, 2.05) is 18.2 Å². The van der Waals surface area contributed by atoms with Crippen molar-refractivity contribution in [2.45, 2.75) is 52.4 Å². The summed E-state index contributed by atoms with van der Waals surface area (Å²) in [7, 11) is -5.74. The summed E-state index contributed by atoms with van der Waals surface area (Å²) in [6.07, 6.45) is 7.07. The van der Waals surface area contributed by atoms with Gasteiger partial charge >= 0.3 is 16.5 Å². The third-order valence-corrected chi connectivity index (χ3v) is 4.05. The molecule has 0 unspecified atom stereocenters. The number of rotatable bonds is 7. The van der Waals surface area contributed by atoms with Gasteiger partial charge in [-0.05, 0) is 48.4 Å². The van der Waals surface area contributed by atoms with Gasteiger partial charge in [0.1, 0.15) is 5.75 Å². The van der Waals surface area contributed by atoms with Crippen molar-refractivity contribution in [2.24, 2.45) is 0 Å². The molecule has 0 aliphatic carbocycles. The van der Waals surface area contributed by atoms with Crippen molar-refractivity contribution in [1.82, 2.24) is 0 Å². The SMILES string of the molecule is CCCCc1cccc(-c2ccccc2O)c1CCCC.O=[P+](O)O.O=[P+](O)O. The number of para-hydroxylation sites is 1. The normalized spacial score (nSPS) is 9.59. The van der Waals surface area contributed by atoms with Crippen molar-refractivity contribution in [1.29, 1.82) is 0 Å². The highest BCUT2D eigenvalue weighted by atomic mass is 31.1. The first-order chi connectivity index (χ1) is 13.7. The molecule has 0 aromatic heterocycles. The fraction of sp³-hybridized carbons (Fsp3) is 0.400. The van der Waals surface area contributed by atoms with E-state index in [9.17, 15) is 5.11 Å². The summed E-state index contributed by atoms with van der Waals surface area (Å²) in [6.45, 7) is 4.47. The van der Waals surface area contributed by atoms with Crippen molar-refractivity contribution in [3.05, 3.63) is 53.6 Å². The molecule has 160 valence electrons. The second-order valence-corrected chi connectivity index (χ2v) is 7.18. The largest absolute Gasteiger partial charge is 0.692 e. The minimum Gasteiger partial charge on any atom is -0.507 e. The lowest BCUT2D eigenvalue weighted by Gasteiger charge is -2.16. The summed E-state index contributed by atoms with van der Waals surface area (Å²) in [4.78, 5) is 28.5. The number of benzene rings is 2. The first kappa shape index (κ1) is 27.3. The van der Waals surface area contributed by atoms with Crippen molar-refractivity contribution in [3.8, 4) is 16.9 Å². The van der Waals surface area contributed by atoms with Crippen LogP contribution in [-0.4, -0.2) is 24.7 Å². The topological polar surface area (TPSA) is 135 Å². The Morgan fingerprint density at radius 2 is 1.21 bits per heavy atom. The molecule has 0 spiro atoms. The average molecular weight is 444 g/mol. The molecule has 2 aromatic carbocycles. The maximum atomic E-state index is 10.2. The zero-order chi connectivity index (χ0) is 22.2. The summed E-state index contributed by atoms with van der Waals surface area (Å²) < 4.78 is 17.4. The fourth-order valence-electron chi connectivity index (χ4n) is 2.84. The molecule has 2 rings (SSSR count). The van der Waals surface area contributed by atoms with Gasteiger partial charge in [-0.2, -0.15) is 0 Å². The van der Waals surface area contributed by atoms with Crippen LogP contribution in [-0.2, 0) is 22.0 Å². The number of unbranched alkanes of at least 4 members (excludes halogenated alkanes) is 2. The molecule has 29 heavy (non-hydrogen) atoms. The zero-order valence-electron chi connectivity index (χ0n) is 16.7. The Hall–Kier alpha value is -1.72. The Balaban J connectivity index is 0.000000837. The van der Waals surface area contributed by atoms with E-state index in [-0.39, 0.29) is 0 Å². The molecule has 5 N–H and O–H groups in total. The molecule has 0 saturated carbocycles. The molecular weight excluding hydrogens is 414 g/mol. The van der Waals surface area contributed by atoms with Crippen LogP contribution in [0.15, 0.2) is 42.5 Å². The lowest BCUT2D eigenvalue weighted by atomic mass is 9.89. The first-order valence-corrected chi connectivity index (χ1v) is 11.7. The molecule has 0 fully saturated rings. The number of aryl methyl sites for hydroxylation is 1. The van der Waals surface area contributed by atoms with Gasteiger partial charge in [-0.25, -0.2) is 0 Å². The maximum absolute atomic E-state index is 10.2. The fourth-order valence-corrected chi connectivity index (χ4v) is 2.84. The molecule has 9 heteroatoms. The van der Waals surface area contributed by atoms with Crippen molar-refractivity contribution in [3.63, 3.8) is 0 Å². The van der Waals surface area contributed by atoms with Crippen LogP contribution >= 0.6 is 16.5 Å². The highest BCUT2D eigenvalue weighted by molar-refractivity contribution is 7.31. The Bertz CT molecular complexity index is 746. The van der Waals surface area contributed by atoms with E-state index in [2.05, 4.69) is 32.0 Å². The van der Waals surface area contributed by atoms with Crippen molar-refractivity contribution in [2.75, 3.05) is 0 Å².